The van der Waals surface area contributed by atoms with Gasteiger partial charge in [-0.15, -0.1) is 22.7 Å². The number of rotatable bonds is 6. The predicted octanol–water partition coefficient (Wildman–Crippen LogP) is 3.39. The van der Waals surface area contributed by atoms with Crippen LogP contribution in [0.3, 0.4) is 0 Å². The number of thiophene rings is 2. The third-order valence-corrected chi connectivity index (χ3v) is 4.79. The van der Waals surface area contributed by atoms with Gasteiger partial charge in [-0.05, 0) is 35.0 Å². The average Bonchev–Trinajstić information content (AvgIpc) is 3.25. The highest BCUT2D eigenvalue weighted by Crippen LogP contribution is 2.29. The molecule has 3 rings (SSSR count). The van der Waals surface area contributed by atoms with Gasteiger partial charge in [0.15, 0.2) is 6.61 Å². The maximum atomic E-state index is 12.1. The van der Waals surface area contributed by atoms with Crippen molar-refractivity contribution in [2.24, 2.45) is 0 Å². The van der Waals surface area contributed by atoms with E-state index in [0.717, 1.165) is 9.75 Å². The number of nitrogens with one attached hydrogen (secondary N) is 1. The summed E-state index contributed by atoms with van der Waals surface area (Å²) < 4.78 is 10.2. The van der Waals surface area contributed by atoms with E-state index in [-0.39, 0.29) is 18.6 Å². The van der Waals surface area contributed by atoms with Gasteiger partial charge in [0.2, 0.25) is 0 Å². The first-order chi connectivity index (χ1) is 10.7. The van der Waals surface area contributed by atoms with E-state index in [9.17, 15) is 4.79 Å². The second kappa shape index (κ2) is 6.76. The minimum Gasteiger partial charge on any atom is -0.465 e. The van der Waals surface area contributed by atoms with Gasteiger partial charge < -0.3 is 14.6 Å². The Labute approximate surface area is 135 Å². The smallest absolute Gasteiger partial charge is 0.258 e. The Balaban J connectivity index is 1.64. The maximum absolute atomic E-state index is 12.1. The maximum Gasteiger partial charge on any atom is 0.258 e. The van der Waals surface area contributed by atoms with Crippen LogP contribution in [0.4, 0.5) is 0 Å². The summed E-state index contributed by atoms with van der Waals surface area (Å²) in [6.07, 6.45) is 0. The molecular formula is C15H14N2O3S2. The minimum atomic E-state index is -0.201. The molecule has 0 saturated heterocycles. The molecule has 0 aliphatic rings. The molecule has 22 heavy (non-hydrogen) atoms. The molecule has 1 N–H and O–H groups in total. The van der Waals surface area contributed by atoms with Crippen LogP contribution in [0.15, 0.2) is 45.6 Å². The lowest BCUT2D eigenvalue weighted by Gasteiger charge is -2.16. The average molecular weight is 334 g/mol. The molecule has 7 heteroatoms. The van der Waals surface area contributed by atoms with Crippen LogP contribution in [-0.2, 0) is 4.79 Å². The molecule has 3 aromatic rings. The Bertz CT molecular complexity index is 686. The SMILES string of the molecule is Cc1cc(OCC(=O)NC(c2cccs2)c2cccs2)no1. The molecule has 5 nitrogen and oxygen atoms in total. The zero-order valence-corrected chi connectivity index (χ0v) is 13.4. The number of aryl methyl sites for hydroxylation is 1. The summed E-state index contributed by atoms with van der Waals surface area (Å²) >= 11 is 3.23. The van der Waals surface area contributed by atoms with E-state index in [2.05, 4.69) is 10.5 Å². The summed E-state index contributed by atoms with van der Waals surface area (Å²) in [5, 5.41) is 10.7. The number of ether oxygens (including phenoxy) is 1. The van der Waals surface area contributed by atoms with Crippen LogP contribution in [0, 0.1) is 6.92 Å². The first-order valence-electron chi connectivity index (χ1n) is 6.64. The number of aromatic nitrogens is 1. The van der Waals surface area contributed by atoms with Crippen molar-refractivity contribution in [3.8, 4) is 5.88 Å². The molecule has 0 aliphatic heterocycles. The number of carbonyl (C=O) groups is 1. The van der Waals surface area contributed by atoms with Crippen LogP contribution < -0.4 is 10.1 Å². The lowest BCUT2D eigenvalue weighted by Crippen LogP contribution is -2.32. The molecule has 114 valence electrons. The van der Waals surface area contributed by atoms with Gasteiger partial charge in [-0.2, -0.15) is 0 Å². The van der Waals surface area contributed by atoms with Gasteiger partial charge in [-0.25, -0.2) is 0 Å². The van der Waals surface area contributed by atoms with Crippen LogP contribution >= 0.6 is 22.7 Å². The summed E-state index contributed by atoms with van der Waals surface area (Å²) in [6.45, 7) is 1.67. The van der Waals surface area contributed by atoms with Crippen LogP contribution in [0.2, 0.25) is 0 Å². The Morgan fingerprint density at radius 3 is 2.50 bits per heavy atom. The van der Waals surface area contributed by atoms with E-state index in [4.69, 9.17) is 9.26 Å². The van der Waals surface area contributed by atoms with E-state index < -0.39 is 0 Å². The highest BCUT2D eigenvalue weighted by Gasteiger charge is 2.19. The molecule has 0 saturated carbocycles. The zero-order chi connectivity index (χ0) is 15.4. The van der Waals surface area contributed by atoms with Crippen LogP contribution in [0.5, 0.6) is 5.88 Å². The van der Waals surface area contributed by atoms with Gasteiger partial charge in [-0.3, -0.25) is 4.79 Å². The van der Waals surface area contributed by atoms with E-state index in [1.165, 1.54) is 0 Å². The molecule has 0 atom stereocenters. The lowest BCUT2D eigenvalue weighted by molar-refractivity contribution is -0.123. The van der Waals surface area contributed by atoms with Gasteiger partial charge >= 0.3 is 0 Å². The number of hydrogen-bond donors (Lipinski definition) is 1. The summed E-state index contributed by atoms with van der Waals surface area (Å²) in [4.78, 5) is 14.3. The third-order valence-electron chi connectivity index (χ3n) is 2.92. The minimum absolute atomic E-state index is 0.0980. The quantitative estimate of drug-likeness (QED) is 0.750. The first kappa shape index (κ1) is 14.8. The third kappa shape index (κ3) is 3.55. The van der Waals surface area contributed by atoms with Crippen LogP contribution in [0.25, 0.3) is 0 Å². The van der Waals surface area contributed by atoms with E-state index in [1.807, 2.05) is 35.0 Å². The standard InChI is InChI=1S/C15H14N2O3S2/c1-10-8-14(17-20-10)19-9-13(18)16-15(11-4-2-6-21-11)12-5-3-7-22-12/h2-8,15H,9H2,1H3,(H,16,18). The van der Waals surface area contributed by atoms with Crippen molar-refractivity contribution in [3.05, 3.63) is 56.6 Å². The fourth-order valence-electron chi connectivity index (χ4n) is 1.95. The second-order valence-electron chi connectivity index (χ2n) is 4.60. The number of amides is 1. The largest absolute Gasteiger partial charge is 0.465 e. The highest BCUT2D eigenvalue weighted by molar-refractivity contribution is 7.11. The second-order valence-corrected chi connectivity index (χ2v) is 6.55. The number of nitrogens with zero attached hydrogens (tertiary/aromatic N) is 1. The molecule has 3 aromatic heterocycles. The van der Waals surface area contributed by atoms with Crippen molar-refractivity contribution >= 4 is 28.6 Å². The molecule has 3 heterocycles. The lowest BCUT2D eigenvalue weighted by atomic mass is 10.2. The monoisotopic (exact) mass is 334 g/mol. The van der Waals surface area contributed by atoms with Gasteiger partial charge in [0.1, 0.15) is 5.76 Å². The van der Waals surface area contributed by atoms with E-state index in [1.54, 1.807) is 35.7 Å². The van der Waals surface area contributed by atoms with Gasteiger partial charge in [0.05, 0.1) is 6.04 Å². The summed E-state index contributed by atoms with van der Waals surface area (Å²) in [6, 6.07) is 9.47. The number of carbonyl (C=O) groups excluding carboxylic acids is 1. The predicted molar refractivity (Wildman–Crippen MR) is 85.4 cm³/mol. The van der Waals surface area contributed by atoms with E-state index in [0.29, 0.717) is 11.6 Å². The Kier molecular flexibility index (Phi) is 4.55. The molecule has 1 amide bonds. The topological polar surface area (TPSA) is 64.4 Å². The Morgan fingerprint density at radius 1 is 1.32 bits per heavy atom. The van der Waals surface area contributed by atoms with Crippen molar-refractivity contribution < 1.29 is 14.1 Å². The van der Waals surface area contributed by atoms with E-state index >= 15 is 0 Å². The van der Waals surface area contributed by atoms with Crippen molar-refractivity contribution in [2.75, 3.05) is 6.61 Å². The Morgan fingerprint density at radius 2 is 2.00 bits per heavy atom. The normalized spacial score (nSPS) is 10.8. The van der Waals surface area contributed by atoms with Crippen molar-refractivity contribution in [3.63, 3.8) is 0 Å². The molecule has 0 aromatic carbocycles. The summed E-state index contributed by atoms with van der Waals surface area (Å²) in [7, 11) is 0. The van der Waals surface area contributed by atoms with Crippen LogP contribution in [-0.4, -0.2) is 17.7 Å². The van der Waals surface area contributed by atoms with Crippen molar-refractivity contribution in [1.29, 1.82) is 0 Å². The van der Waals surface area contributed by atoms with Crippen molar-refractivity contribution in [1.82, 2.24) is 10.5 Å². The van der Waals surface area contributed by atoms with Crippen molar-refractivity contribution in [2.45, 2.75) is 13.0 Å². The van der Waals surface area contributed by atoms with Gasteiger partial charge in [0.25, 0.3) is 11.8 Å². The Hall–Kier alpha value is -2.12. The molecular weight excluding hydrogens is 320 g/mol. The molecule has 0 spiro atoms. The number of hydrogen-bond acceptors (Lipinski definition) is 6. The van der Waals surface area contributed by atoms with Gasteiger partial charge in [0, 0.05) is 15.8 Å². The zero-order valence-electron chi connectivity index (χ0n) is 11.8. The molecule has 0 bridgehead atoms. The fourth-order valence-corrected chi connectivity index (χ4v) is 3.61. The molecule has 0 fully saturated rings. The highest BCUT2D eigenvalue weighted by atomic mass is 32.1. The molecule has 0 radical (unpaired) electrons. The van der Waals surface area contributed by atoms with Crippen LogP contribution in [0.1, 0.15) is 21.6 Å². The molecule has 0 aliphatic carbocycles. The summed E-state index contributed by atoms with van der Waals surface area (Å²) in [5.74, 6) is 0.759. The fraction of sp³-hybridized carbons (Fsp3) is 0.200. The van der Waals surface area contributed by atoms with Gasteiger partial charge in [-0.1, -0.05) is 12.1 Å². The molecule has 0 unspecified atom stereocenters. The summed E-state index contributed by atoms with van der Waals surface area (Å²) in [5.41, 5.74) is 0. The first-order valence-corrected chi connectivity index (χ1v) is 8.40.